The number of carbonyl (C=O) groups is 2. The van der Waals surface area contributed by atoms with Gasteiger partial charge in [-0.25, -0.2) is 9.78 Å². The van der Waals surface area contributed by atoms with Gasteiger partial charge >= 0.3 is 12.1 Å². The lowest BCUT2D eigenvalue weighted by molar-refractivity contribution is -0.137. The van der Waals surface area contributed by atoms with E-state index in [1.807, 2.05) is 0 Å². The minimum atomic E-state index is -4.53. The third-order valence-corrected chi connectivity index (χ3v) is 3.28. The second-order valence-electron chi connectivity index (χ2n) is 4.98. The number of rotatable bonds is 4. The third-order valence-electron chi connectivity index (χ3n) is 3.07. The zero-order valence-corrected chi connectivity index (χ0v) is 13.6. The number of benzene rings is 1. The highest BCUT2D eigenvalue weighted by Crippen LogP contribution is 2.30. The summed E-state index contributed by atoms with van der Waals surface area (Å²) in [6.07, 6.45) is -4.46. The zero-order chi connectivity index (χ0) is 18.6. The van der Waals surface area contributed by atoms with E-state index in [2.05, 4.69) is 10.3 Å². The Bertz CT molecular complexity index is 796. The molecule has 0 radical (unpaired) electrons. The van der Waals surface area contributed by atoms with Gasteiger partial charge < -0.3 is 10.1 Å². The van der Waals surface area contributed by atoms with Crippen LogP contribution in [-0.4, -0.2) is 23.0 Å². The molecule has 0 aliphatic heterocycles. The van der Waals surface area contributed by atoms with E-state index in [-0.39, 0.29) is 16.4 Å². The Morgan fingerprint density at radius 1 is 1.24 bits per heavy atom. The lowest BCUT2D eigenvalue weighted by atomic mass is 10.2. The van der Waals surface area contributed by atoms with Crippen LogP contribution in [0.4, 0.5) is 18.9 Å². The van der Waals surface area contributed by atoms with Crippen molar-refractivity contribution in [3.05, 3.63) is 58.9 Å². The van der Waals surface area contributed by atoms with Crippen molar-refractivity contribution in [2.75, 3.05) is 5.32 Å². The zero-order valence-electron chi connectivity index (χ0n) is 12.8. The van der Waals surface area contributed by atoms with Gasteiger partial charge in [0.05, 0.1) is 11.1 Å². The molecule has 1 heterocycles. The molecule has 0 bridgehead atoms. The first-order valence-corrected chi connectivity index (χ1v) is 7.35. The van der Waals surface area contributed by atoms with Crippen molar-refractivity contribution >= 4 is 29.2 Å². The number of aromatic nitrogens is 1. The number of carbonyl (C=O) groups excluding carboxylic acids is 2. The van der Waals surface area contributed by atoms with Gasteiger partial charge in [-0.05, 0) is 37.3 Å². The Balaban J connectivity index is 2.02. The first-order chi connectivity index (χ1) is 11.7. The smallest absolute Gasteiger partial charge is 0.416 e. The summed E-state index contributed by atoms with van der Waals surface area (Å²) in [6.45, 7) is 1.30. The summed E-state index contributed by atoms with van der Waals surface area (Å²) in [5.41, 5.74) is -0.866. The second kappa shape index (κ2) is 7.52. The molecule has 0 saturated carbocycles. The van der Waals surface area contributed by atoms with Crippen LogP contribution in [-0.2, 0) is 15.7 Å². The molecule has 1 amide bonds. The lowest BCUT2D eigenvalue weighted by Gasteiger charge is -2.14. The molecule has 1 aromatic carbocycles. The molecule has 1 N–H and O–H groups in total. The van der Waals surface area contributed by atoms with Crippen molar-refractivity contribution in [1.82, 2.24) is 4.98 Å². The Morgan fingerprint density at radius 2 is 1.96 bits per heavy atom. The molecule has 9 heteroatoms. The molecule has 1 atom stereocenters. The van der Waals surface area contributed by atoms with Crippen LogP contribution in [0.2, 0.25) is 5.15 Å². The summed E-state index contributed by atoms with van der Waals surface area (Å²) in [4.78, 5) is 27.6. The molecule has 0 saturated heterocycles. The standard InChI is InChI=1S/C16H12ClF3N2O3/c1-9(25-15(24)10-5-6-21-13(17)7-10)14(23)22-12-4-2-3-11(8-12)16(18,19)20/h2-9H,1H3,(H,22,23). The number of halogens is 4. The SMILES string of the molecule is CC(OC(=O)c1ccnc(Cl)c1)C(=O)Nc1cccc(C(F)(F)F)c1. The molecule has 0 aliphatic rings. The number of nitrogens with one attached hydrogen (secondary N) is 1. The number of esters is 1. The number of hydrogen-bond acceptors (Lipinski definition) is 4. The molecule has 2 rings (SSSR count). The van der Waals surface area contributed by atoms with E-state index in [1.165, 1.54) is 31.3 Å². The van der Waals surface area contributed by atoms with Gasteiger partial charge in [-0.15, -0.1) is 0 Å². The first-order valence-electron chi connectivity index (χ1n) is 6.97. The molecule has 5 nitrogen and oxygen atoms in total. The van der Waals surface area contributed by atoms with Crippen molar-refractivity contribution in [2.45, 2.75) is 19.2 Å². The predicted octanol–water partition coefficient (Wildman–Crippen LogP) is 3.94. The van der Waals surface area contributed by atoms with E-state index < -0.39 is 29.7 Å². The van der Waals surface area contributed by atoms with Crippen molar-refractivity contribution < 1.29 is 27.5 Å². The highest BCUT2D eigenvalue weighted by Gasteiger charge is 2.30. The fourth-order valence-corrected chi connectivity index (χ4v) is 2.00. The van der Waals surface area contributed by atoms with Gasteiger partial charge in [0.15, 0.2) is 6.10 Å². The highest BCUT2D eigenvalue weighted by molar-refractivity contribution is 6.29. The summed E-state index contributed by atoms with van der Waals surface area (Å²) < 4.78 is 42.9. The van der Waals surface area contributed by atoms with Crippen LogP contribution in [0.3, 0.4) is 0 Å². The largest absolute Gasteiger partial charge is 0.449 e. The fraction of sp³-hybridized carbons (Fsp3) is 0.188. The maximum atomic E-state index is 12.7. The van der Waals surface area contributed by atoms with Crippen LogP contribution in [0.15, 0.2) is 42.6 Å². The Labute approximate surface area is 145 Å². The molecule has 25 heavy (non-hydrogen) atoms. The summed E-state index contributed by atoms with van der Waals surface area (Å²) in [5, 5.41) is 2.35. The molecule has 1 unspecified atom stereocenters. The molecule has 132 valence electrons. The van der Waals surface area contributed by atoms with E-state index in [1.54, 1.807) is 0 Å². The predicted molar refractivity (Wildman–Crippen MR) is 84.2 cm³/mol. The molecular formula is C16H12ClF3N2O3. The van der Waals surface area contributed by atoms with Gasteiger partial charge in [-0.1, -0.05) is 17.7 Å². The molecule has 0 fully saturated rings. The Hall–Kier alpha value is -2.61. The maximum absolute atomic E-state index is 12.7. The minimum Gasteiger partial charge on any atom is -0.449 e. The van der Waals surface area contributed by atoms with Gasteiger partial charge in [0.25, 0.3) is 5.91 Å². The Kier molecular flexibility index (Phi) is 5.63. The molecule has 0 aliphatic carbocycles. The molecular weight excluding hydrogens is 361 g/mol. The number of nitrogens with zero attached hydrogens (tertiary/aromatic N) is 1. The molecule has 1 aromatic heterocycles. The van der Waals surface area contributed by atoms with E-state index in [4.69, 9.17) is 16.3 Å². The number of hydrogen-bond donors (Lipinski definition) is 1. The van der Waals surface area contributed by atoms with Crippen molar-refractivity contribution in [1.29, 1.82) is 0 Å². The maximum Gasteiger partial charge on any atom is 0.416 e. The van der Waals surface area contributed by atoms with E-state index in [0.29, 0.717) is 0 Å². The number of pyridine rings is 1. The second-order valence-corrected chi connectivity index (χ2v) is 5.37. The van der Waals surface area contributed by atoms with Crippen LogP contribution >= 0.6 is 11.6 Å². The monoisotopic (exact) mass is 372 g/mol. The van der Waals surface area contributed by atoms with E-state index in [9.17, 15) is 22.8 Å². The van der Waals surface area contributed by atoms with Gasteiger partial charge in [0.2, 0.25) is 0 Å². The van der Waals surface area contributed by atoms with Crippen molar-refractivity contribution in [3.8, 4) is 0 Å². The third kappa shape index (κ3) is 5.18. The lowest BCUT2D eigenvalue weighted by Crippen LogP contribution is -2.30. The average Bonchev–Trinajstić information content (AvgIpc) is 2.54. The Morgan fingerprint density at radius 3 is 2.60 bits per heavy atom. The number of amides is 1. The average molecular weight is 373 g/mol. The van der Waals surface area contributed by atoms with E-state index >= 15 is 0 Å². The minimum absolute atomic E-state index is 0.0605. The van der Waals surface area contributed by atoms with Gasteiger partial charge in [-0.3, -0.25) is 4.79 Å². The van der Waals surface area contributed by atoms with Crippen LogP contribution in [0.25, 0.3) is 0 Å². The van der Waals surface area contributed by atoms with Crippen LogP contribution < -0.4 is 5.32 Å². The highest BCUT2D eigenvalue weighted by atomic mass is 35.5. The van der Waals surface area contributed by atoms with Crippen LogP contribution in [0.1, 0.15) is 22.8 Å². The van der Waals surface area contributed by atoms with Crippen LogP contribution in [0.5, 0.6) is 0 Å². The van der Waals surface area contributed by atoms with Crippen LogP contribution in [0, 0.1) is 0 Å². The normalized spacial score (nSPS) is 12.4. The molecule has 2 aromatic rings. The van der Waals surface area contributed by atoms with Gasteiger partial charge in [-0.2, -0.15) is 13.2 Å². The molecule has 0 spiro atoms. The van der Waals surface area contributed by atoms with Crippen molar-refractivity contribution in [3.63, 3.8) is 0 Å². The van der Waals surface area contributed by atoms with Crippen molar-refractivity contribution in [2.24, 2.45) is 0 Å². The number of alkyl halides is 3. The number of anilines is 1. The fourth-order valence-electron chi connectivity index (χ4n) is 1.83. The summed E-state index contributed by atoms with van der Waals surface area (Å²) in [5.74, 6) is -1.58. The quantitative estimate of drug-likeness (QED) is 0.652. The first kappa shape index (κ1) is 18.7. The van der Waals surface area contributed by atoms with Gasteiger partial charge in [0.1, 0.15) is 5.15 Å². The summed E-state index contributed by atoms with van der Waals surface area (Å²) >= 11 is 5.66. The topological polar surface area (TPSA) is 68.3 Å². The van der Waals surface area contributed by atoms with Gasteiger partial charge in [0, 0.05) is 11.9 Å². The summed E-state index contributed by atoms with van der Waals surface area (Å²) in [6, 6.07) is 6.74. The van der Waals surface area contributed by atoms with E-state index in [0.717, 1.165) is 18.2 Å². The summed E-state index contributed by atoms with van der Waals surface area (Å²) in [7, 11) is 0. The number of ether oxygens (including phenoxy) is 1.